The minimum absolute atomic E-state index is 0.204. The second-order valence-electron chi connectivity index (χ2n) is 5.93. The number of fused-ring (bicyclic) bond motifs is 2. The van der Waals surface area contributed by atoms with Gasteiger partial charge < -0.3 is 10.2 Å². The van der Waals surface area contributed by atoms with Crippen LogP contribution in [0.15, 0.2) is 18.2 Å². The van der Waals surface area contributed by atoms with Crippen molar-refractivity contribution in [2.45, 2.75) is 45.2 Å². The van der Waals surface area contributed by atoms with Crippen molar-refractivity contribution in [2.75, 3.05) is 13.1 Å². The molecule has 3 heteroatoms. The molecule has 3 nitrogen and oxygen atoms in total. The van der Waals surface area contributed by atoms with Gasteiger partial charge in [-0.3, -0.25) is 4.79 Å². The van der Waals surface area contributed by atoms with Crippen LogP contribution in [0.25, 0.3) is 0 Å². The Kier molecular flexibility index (Phi) is 3.31. The van der Waals surface area contributed by atoms with Gasteiger partial charge in [0.2, 0.25) is 0 Å². The Balaban J connectivity index is 1.81. The molecule has 1 aromatic rings. The standard InChI is InChI=1S/C16H22N2O/c1-11-4-3-5-15(12(11)2)16(19)18-9-8-13-6-7-14(10-18)17-13/h3-5,13-14,17H,6-10H2,1-2H3. The van der Waals surface area contributed by atoms with Gasteiger partial charge in [0.25, 0.3) is 5.91 Å². The van der Waals surface area contributed by atoms with Gasteiger partial charge in [-0.2, -0.15) is 0 Å². The van der Waals surface area contributed by atoms with Gasteiger partial charge in [0.15, 0.2) is 0 Å². The molecule has 102 valence electrons. The summed E-state index contributed by atoms with van der Waals surface area (Å²) in [7, 11) is 0. The molecule has 2 aliphatic heterocycles. The average Bonchev–Trinajstić information content (AvgIpc) is 2.72. The van der Waals surface area contributed by atoms with Gasteiger partial charge in [-0.1, -0.05) is 12.1 Å². The van der Waals surface area contributed by atoms with Crippen molar-refractivity contribution in [3.63, 3.8) is 0 Å². The second kappa shape index (κ2) is 4.97. The predicted molar refractivity (Wildman–Crippen MR) is 76.4 cm³/mol. The molecule has 2 saturated heterocycles. The zero-order valence-electron chi connectivity index (χ0n) is 11.8. The molecule has 2 unspecified atom stereocenters. The van der Waals surface area contributed by atoms with E-state index in [1.165, 1.54) is 18.4 Å². The Morgan fingerprint density at radius 2 is 2.00 bits per heavy atom. The summed E-state index contributed by atoms with van der Waals surface area (Å²) in [6, 6.07) is 7.14. The number of nitrogens with zero attached hydrogens (tertiary/aromatic N) is 1. The summed E-state index contributed by atoms with van der Waals surface area (Å²) in [5.41, 5.74) is 3.19. The number of benzene rings is 1. The maximum Gasteiger partial charge on any atom is 0.254 e. The van der Waals surface area contributed by atoms with Crippen LogP contribution in [-0.4, -0.2) is 36.0 Å². The van der Waals surface area contributed by atoms with E-state index in [0.717, 1.165) is 30.6 Å². The Morgan fingerprint density at radius 3 is 2.84 bits per heavy atom. The molecule has 2 heterocycles. The lowest BCUT2D eigenvalue weighted by Gasteiger charge is -2.25. The molecule has 2 aliphatic rings. The van der Waals surface area contributed by atoms with Crippen LogP contribution in [0, 0.1) is 13.8 Å². The highest BCUT2D eigenvalue weighted by atomic mass is 16.2. The second-order valence-corrected chi connectivity index (χ2v) is 5.93. The van der Waals surface area contributed by atoms with E-state index in [9.17, 15) is 4.79 Å². The van der Waals surface area contributed by atoms with Crippen molar-refractivity contribution in [3.05, 3.63) is 34.9 Å². The fraction of sp³-hybridized carbons (Fsp3) is 0.562. The van der Waals surface area contributed by atoms with Crippen LogP contribution in [0.3, 0.4) is 0 Å². The molecule has 1 amide bonds. The number of aryl methyl sites for hydroxylation is 1. The minimum Gasteiger partial charge on any atom is -0.337 e. The van der Waals surface area contributed by atoms with Crippen molar-refractivity contribution in [2.24, 2.45) is 0 Å². The van der Waals surface area contributed by atoms with E-state index in [2.05, 4.69) is 18.3 Å². The molecule has 1 aromatic carbocycles. The van der Waals surface area contributed by atoms with Crippen molar-refractivity contribution in [1.29, 1.82) is 0 Å². The van der Waals surface area contributed by atoms with Gasteiger partial charge in [-0.15, -0.1) is 0 Å². The molecule has 3 rings (SSSR count). The van der Waals surface area contributed by atoms with Crippen molar-refractivity contribution < 1.29 is 4.79 Å². The molecule has 1 N–H and O–H groups in total. The van der Waals surface area contributed by atoms with Crippen molar-refractivity contribution in [1.82, 2.24) is 10.2 Å². The molecule has 2 fully saturated rings. The van der Waals surface area contributed by atoms with E-state index in [1.807, 2.05) is 24.0 Å². The molecular formula is C16H22N2O. The highest BCUT2D eigenvalue weighted by Crippen LogP contribution is 2.22. The predicted octanol–water partition coefficient (Wildman–Crippen LogP) is 2.27. The number of rotatable bonds is 1. The smallest absolute Gasteiger partial charge is 0.254 e. The van der Waals surface area contributed by atoms with Gasteiger partial charge in [0.1, 0.15) is 0 Å². The van der Waals surface area contributed by atoms with E-state index >= 15 is 0 Å². The monoisotopic (exact) mass is 258 g/mol. The SMILES string of the molecule is Cc1cccc(C(=O)N2CCC3CCC(C2)N3)c1C. The molecule has 0 radical (unpaired) electrons. The maximum atomic E-state index is 12.7. The quantitative estimate of drug-likeness (QED) is 0.838. The van der Waals surface area contributed by atoms with Gasteiger partial charge >= 0.3 is 0 Å². The van der Waals surface area contributed by atoms with Crippen molar-refractivity contribution in [3.8, 4) is 0 Å². The first-order valence-electron chi connectivity index (χ1n) is 7.26. The van der Waals surface area contributed by atoms with Crippen molar-refractivity contribution >= 4 is 5.91 Å². The molecule has 2 atom stereocenters. The average molecular weight is 258 g/mol. The van der Waals surface area contributed by atoms with Crippen LogP contribution in [0.5, 0.6) is 0 Å². The third kappa shape index (κ3) is 2.39. The maximum absolute atomic E-state index is 12.7. The largest absolute Gasteiger partial charge is 0.337 e. The lowest BCUT2D eigenvalue weighted by atomic mass is 10.0. The normalized spacial score (nSPS) is 26.3. The first kappa shape index (κ1) is 12.7. The number of carbonyl (C=O) groups is 1. The summed E-state index contributed by atoms with van der Waals surface area (Å²) in [6.07, 6.45) is 3.57. The first-order chi connectivity index (χ1) is 9.15. The number of nitrogens with one attached hydrogen (secondary N) is 1. The summed E-state index contributed by atoms with van der Waals surface area (Å²) < 4.78 is 0. The van der Waals surface area contributed by atoms with Gasteiger partial charge in [0, 0.05) is 30.7 Å². The summed E-state index contributed by atoms with van der Waals surface area (Å²) >= 11 is 0. The van der Waals surface area contributed by atoms with E-state index < -0.39 is 0 Å². The number of amides is 1. The lowest BCUT2D eigenvalue weighted by Crippen LogP contribution is -2.39. The molecule has 0 aliphatic carbocycles. The van der Waals surface area contributed by atoms with E-state index in [-0.39, 0.29) is 5.91 Å². The number of hydrogen-bond donors (Lipinski definition) is 1. The van der Waals surface area contributed by atoms with Gasteiger partial charge in [-0.25, -0.2) is 0 Å². The fourth-order valence-corrected chi connectivity index (χ4v) is 3.28. The minimum atomic E-state index is 0.204. The molecule has 0 saturated carbocycles. The van der Waals surface area contributed by atoms with Crippen LogP contribution < -0.4 is 5.32 Å². The Hall–Kier alpha value is -1.35. The first-order valence-corrected chi connectivity index (χ1v) is 7.26. The molecular weight excluding hydrogens is 236 g/mol. The molecule has 0 aromatic heterocycles. The van der Waals surface area contributed by atoms with Crippen LogP contribution in [-0.2, 0) is 0 Å². The van der Waals surface area contributed by atoms with Gasteiger partial charge in [-0.05, 0) is 50.3 Å². The van der Waals surface area contributed by atoms with E-state index in [0.29, 0.717) is 12.1 Å². The summed E-state index contributed by atoms with van der Waals surface area (Å²) in [5, 5.41) is 3.62. The zero-order valence-corrected chi connectivity index (χ0v) is 11.8. The Bertz CT molecular complexity index is 498. The third-order valence-corrected chi connectivity index (χ3v) is 4.65. The summed E-state index contributed by atoms with van der Waals surface area (Å²) in [4.78, 5) is 14.7. The Labute approximate surface area is 115 Å². The molecule has 0 spiro atoms. The zero-order chi connectivity index (χ0) is 13.4. The molecule has 2 bridgehead atoms. The summed E-state index contributed by atoms with van der Waals surface area (Å²) in [6.45, 7) is 5.87. The highest BCUT2D eigenvalue weighted by Gasteiger charge is 2.31. The number of likely N-dealkylation sites (tertiary alicyclic amines) is 1. The van der Waals surface area contributed by atoms with Crippen LogP contribution in [0.2, 0.25) is 0 Å². The fourth-order valence-electron chi connectivity index (χ4n) is 3.28. The number of carbonyl (C=O) groups excluding carboxylic acids is 1. The Morgan fingerprint density at radius 1 is 1.21 bits per heavy atom. The topological polar surface area (TPSA) is 32.3 Å². The third-order valence-electron chi connectivity index (χ3n) is 4.65. The highest BCUT2D eigenvalue weighted by molar-refractivity contribution is 5.96. The van der Waals surface area contributed by atoms with Crippen LogP contribution in [0.1, 0.15) is 40.7 Å². The summed E-state index contributed by atoms with van der Waals surface area (Å²) in [5.74, 6) is 0.204. The molecule has 19 heavy (non-hydrogen) atoms. The number of hydrogen-bond acceptors (Lipinski definition) is 2. The lowest BCUT2D eigenvalue weighted by molar-refractivity contribution is 0.0747. The van der Waals surface area contributed by atoms with E-state index in [1.54, 1.807) is 0 Å². The van der Waals surface area contributed by atoms with Crippen LogP contribution in [0.4, 0.5) is 0 Å². The van der Waals surface area contributed by atoms with E-state index in [4.69, 9.17) is 0 Å². The van der Waals surface area contributed by atoms with Crippen LogP contribution >= 0.6 is 0 Å². The van der Waals surface area contributed by atoms with Gasteiger partial charge in [0.05, 0.1) is 0 Å².